The minimum atomic E-state index is -1.74. The average Bonchev–Trinajstić information content (AvgIpc) is 3.14. The molecule has 3 aromatic carbocycles. The number of carbonyl (C=O) groups excluding carboxylic acids is 2. The normalized spacial score (nSPS) is 12.9. The molecule has 0 unspecified atom stereocenters. The van der Waals surface area contributed by atoms with Crippen LogP contribution in [0.2, 0.25) is 0 Å². The second-order valence-electron chi connectivity index (χ2n) is 7.70. The van der Waals surface area contributed by atoms with Gasteiger partial charge in [0.25, 0.3) is 5.91 Å². The van der Waals surface area contributed by atoms with Crippen LogP contribution < -0.4 is 10.6 Å². The number of rotatable bonds is 7. The van der Waals surface area contributed by atoms with E-state index in [1.165, 1.54) is 12.1 Å². The fraction of sp³-hybridized carbons (Fsp3) is 0.160. The molecule has 0 saturated heterocycles. The number of hydrogen-bond donors (Lipinski definition) is 4. The molecule has 0 radical (unpaired) electrons. The van der Waals surface area contributed by atoms with Gasteiger partial charge >= 0.3 is 12.1 Å². The summed E-state index contributed by atoms with van der Waals surface area (Å²) in [5.74, 6) is -2.21. The maximum Gasteiger partial charge on any atom is 0.411 e. The molecular weight excluding hydrogens is 504 g/mol. The van der Waals surface area contributed by atoms with Crippen LogP contribution in [-0.2, 0) is 9.53 Å². The van der Waals surface area contributed by atoms with Crippen LogP contribution in [0, 0.1) is 0 Å². The number of carbonyl (C=O) groups is 3. The van der Waals surface area contributed by atoms with Crippen molar-refractivity contribution in [2.24, 2.45) is 0 Å². The number of amides is 2. The Balaban J connectivity index is 1.45. The third kappa shape index (κ3) is 4.95. The number of halogens is 1. The Bertz CT molecular complexity index is 1220. The molecule has 3 aromatic rings. The summed E-state index contributed by atoms with van der Waals surface area (Å²) in [5.41, 5.74) is 4.65. The molecule has 2 amide bonds. The predicted octanol–water partition coefficient (Wildman–Crippen LogP) is 3.99. The van der Waals surface area contributed by atoms with E-state index in [4.69, 9.17) is 9.84 Å². The first-order valence-electron chi connectivity index (χ1n) is 10.5. The molecule has 9 heteroatoms. The molecule has 1 aliphatic carbocycles. The Labute approximate surface area is 203 Å². The number of carboxylic acid groups (broad SMARTS) is 1. The quantitative estimate of drug-likeness (QED) is 0.370. The summed E-state index contributed by atoms with van der Waals surface area (Å²) in [4.78, 5) is 35.9. The number of aliphatic hydroxyl groups is 1. The van der Waals surface area contributed by atoms with Gasteiger partial charge < -0.3 is 20.3 Å². The van der Waals surface area contributed by atoms with Crippen molar-refractivity contribution >= 4 is 39.6 Å². The lowest BCUT2D eigenvalue weighted by atomic mass is 9.98. The zero-order valence-electron chi connectivity index (χ0n) is 17.8. The lowest BCUT2D eigenvalue weighted by Crippen LogP contribution is -2.36. The third-order valence-electron chi connectivity index (χ3n) is 5.55. The zero-order chi connectivity index (χ0) is 24.2. The molecular formula is C25H21BrN2O6. The molecule has 0 bridgehead atoms. The van der Waals surface area contributed by atoms with E-state index in [2.05, 4.69) is 26.6 Å². The van der Waals surface area contributed by atoms with Crippen molar-refractivity contribution in [2.45, 2.75) is 12.0 Å². The maximum absolute atomic E-state index is 12.6. The van der Waals surface area contributed by atoms with Crippen molar-refractivity contribution in [1.29, 1.82) is 0 Å². The third-order valence-corrected chi connectivity index (χ3v) is 6.04. The summed E-state index contributed by atoms with van der Waals surface area (Å²) in [6.07, 6.45) is -2.47. The molecule has 0 spiro atoms. The number of ether oxygens (including phenoxy) is 1. The highest BCUT2D eigenvalue weighted by Crippen LogP contribution is 2.44. The number of benzene rings is 3. The van der Waals surface area contributed by atoms with Crippen molar-refractivity contribution in [1.82, 2.24) is 5.32 Å². The van der Waals surface area contributed by atoms with Crippen LogP contribution >= 0.6 is 15.9 Å². The van der Waals surface area contributed by atoms with E-state index in [9.17, 15) is 19.5 Å². The predicted molar refractivity (Wildman–Crippen MR) is 129 cm³/mol. The minimum Gasteiger partial charge on any atom is -0.479 e. The first-order chi connectivity index (χ1) is 16.3. The summed E-state index contributed by atoms with van der Waals surface area (Å²) >= 11 is 3.30. The van der Waals surface area contributed by atoms with E-state index in [0.717, 1.165) is 22.3 Å². The van der Waals surface area contributed by atoms with E-state index in [0.29, 0.717) is 4.47 Å². The molecule has 0 aliphatic heterocycles. The number of hydrogen-bond acceptors (Lipinski definition) is 5. The monoisotopic (exact) mass is 524 g/mol. The van der Waals surface area contributed by atoms with Crippen molar-refractivity contribution < 1.29 is 29.3 Å². The van der Waals surface area contributed by atoms with Gasteiger partial charge in [-0.15, -0.1) is 0 Å². The minimum absolute atomic E-state index is 0.0919. The molecule has 1 atom stereocenters. The summed E-state index contributed by atoms with van der Waals surface area (Å²) in [7, 11) is 0. The highest BCUT2D eigenvalue weighted by atomic mass is 79.9. The molecule has 4 rings (SSSR count). The molecule has 0 aromatic heterocycles. The van der Waals surface area contributed by atoms with Gasteiger partial charge in [0.15, 0.2) is 6.10 Å². The fourth-order valence-corrected chi connectivity index (χ4v) is 4.30. The maximum atomic E-state index is 12.6. The van der Waals surface area contributed by atoms with Gasteiger partial charge in [0.2, 0.25) is 0 Å². The molecule has 1 aliphatic rings. The molecule has 0 saturated carbocycles. The molecule has 4 N–H and O–H groups in total. The van der Waals surface area contributed by atoms with Gasteiger partial charge in [0.05, 0.1) is 17.8 Å². The number of nitrogens with one attached hydrogen (secondary N) is 2. The number of carboxylic acids is 1. The average molecular weight is 525 g/mol. The number of aliphatic carboxylic acids is 1. The topological polar surface area (TPSA) is 125 Å². The molecule has 174 valence electrons. The smallest absolute Gasteiger partial charge is 0.411 e. The van der Waals surface area contributed by atoms with Gasteiger partial charge in [-0.1, -0.05) is 64.5 Å². The van der Waals surface area contributed by atoms with Crippen molar-refractivity contribution in [3.8, 4) is 11.1 Å². The van der Waals surface area contributed by atoms with E-state index in [1.807, 2.05) is 48.5 Å². The first kappa shape index (κ1) is 23.5. The second-order valence-corrected chi connectivity index (χ2v) is 8.62. The number of aliphatic hydroxyl groups excluding tert-OH is 1. The van der Waals surface area contributed by atoms with E-state index >= 15 is 0 Å². The van der Waals surface area contributed by atoms with E-state index < -0.39 is 30.6 Å². The molecule has 8 nitrogen and oxygen atoms in total. The Morgan fingerprint density at radius 3 is 2.21 bits per heavy atom. The Morgan fingerprint density at radius 1 is 0.971 bits per heavy atom. The van der Waals surface area contributed by atoms with E-state index in [-0.39, 0.29) is 23.8 Å². The van der Waals surface area contributed by atoms with Crippen molar-refractivity contribution in [2.75, 3.05) is 18.5 Å². The number of anilines is 1. The Kier molecular flexibility index (Phi) is 6.95. The van der Waals surface area contributed by atoms with Gasteiger partial charge in [-0.05, 0) is 40.5 Å². The number of fused-ring (bicyclic) bond motifs is 3. The Hall–Kier alpha value is -3.69. The summed E-state index contributed by atoms with van der Waals surface area (Å²) in [6, 6.07) is 20.6. The summed E-state index contributed by atoms with van der Waals surface area (Å²) in [5, 5.41) is 23.1. The summed E-state index contributed by atoms with van der Waals surface area (Å²) in [6.45, 7) is -0.366. The Morgan fingerprint density at radius 2 is 1.59 bits per heavy atom. The highest BCUT2D eigenvalue weighted by Gasteiger charge is 2.29. The van der Waals surface area contributed by atoms with Crippen LogP contribution in [0.25, 0.3) is 11.1 Å². The summed E-state index contributed by atoms with van der Waals surface area (Å²) < 4.78 is 6.15. The standard InChI is InChI=1S/C25H21BrN2O6/c26-14-9-10-19(23(30)27-12-22(29)24(31)32)21(11-14)28-25(33)34-13-20-17-7-3-1-5-15(17)16-6-2-4-8-18(16)20/h1-11,20,22,29H,12-13H2,(H,27,30)(H,28,33)(H,31,32)/t22-/m0/s1. The van der Waals surface area contributed by atoms with Gasteiger partial charge in [0, 0.05) is 10.4 Å². The van der Waals surface area contributed by atoms with Crippen molar-refractivity contribution in [3.63, 3.8) is 0 Å². The van der Waals surface area contributed by atoms with Crippen LogP contribution in [0.4, 0.5) is 10.5 Å². The zero-order valence-corrected chi connectivity index (χ0v) is 19.4. The lowest BCUT2D eigenvalue weighted by Gasteiger charge is -2.16. The van der Waals surface area contributed by atoms with Crippen molar-refractivity contribution in [3.05, 3.63) is 87.9 Å². The largest absolute Gasteiger partial charge is 0.479 e. The first-order valence-corrected chi connectivity index (χ1v) is 11.2. The molecule has 34 heavy (non-hydrogen) atoms. The van der Waals surface area contributed by atoms with Crippen LogP contribution in [-0.4, -0.2) is 47.4 Å². The van der Waals surface area contributed by atoms with E-state index in [1.54, 1.807) is 6.07 Å². The van der Waals surface area contributed by atoms with Crippen LogP contribution in [0.5, 0.6) is 0 Å². The van der Waals surface area contributed by atoms with Gasteiger partial charge in [-0.25, -0.2) is 9.59 Å². The molecule has 0 heterocycles. The van der Waals surface area contributed by atoms with Crippen LogP contribution in [0.3, 0.4) is 0 Å². The second kappa shape index (κ2) is 10.1. The van der Waals surface area contributed by atoms with Crippen LogP contribution in [0.1, 0.15) is 27.4 Å². The lowest BCUT2D eigenvalue weighted by molar-refractivity contribution is -0.146. The van der Waals surface area contributed by atoms with Gasteiger partial charge in [-0.2, -0.15) is 0 Å². The SMILES string of the molecule is O=C(Nc1cc(Br)ccc1C(=O)NC[C@H](O)C(=O)O)OCC1c2ccccc2-c2ccccc21. The van der Waals surface area contributed by atoms with Gasteiger partial charge in [-0.3, -0.25) is 10.1 Å². The molecule has 0 fully saturated rings. The van der Waals surface area contributed by atoms with Gasteiger partial charge in [0.1, 0.15) is 6.61 Å². The van der Waals surface area contributed by atoms with Crippen LogP contribution in [0.15, 0.2) is 71.2 Å². The highest BCUT2D eigenvalue weighted by molar-refractivity contribution is 9.10. The fourth-order valence-electron chi connectivity index (χ4n) is 3.93.